The van der Waals surface area contributed by atoms with E-state index in [2.05, 4.69) is 59.9 Å². The number of carboxylic acid groups (broad SMARTS) is 1. The van der Waals surface area contributed by atoms with E-state index in [0.717, 1.165) is 48.1 Å². The molecule has 0 spiro atoms. The van der Waals surface area contributed by atoms with Gasteiger partial charge in [-0.1, -0.05) is 51.1 Å². The zero-order valence-corrected chi connectivity index (χ0v) is 21.1. The molecular formula is C29H34N4O2. The monoisotopic (exact) mass is 470 g/mol. The van der Waals surface area contributed by atoms with Crippen LogP contribution in [0.3, 0.4) is 0 Å². The molecular weight excluding hydrogens is 436 g/mol. The van der Waals surface area contributed by atoms with Gasteiger partial charge >= 0.3 is 5.97 Å². The Morgan fingerprint density at radius 3 is 2.46 bits per heavy atom. The summed E-state index contributed by atoms with van der Waals surface area (Å²) in [5.41, 5.74) is 7.18. The number of aliphatic carboxylic acids is 1. The molecule has 3 aromatic rings. The Hall–Kier alpha value is -3.56. The molecule has 0 saturated heterocycles. The summed E-state index contributed by atoms with van der Waals surface area (Å²) in [6, 6.07) is 14.5. The van der Waals surface area contributed by atoms with Crippen LogP contribution >= 0.6 is 0 Å². The van der Waals surface area contributed by atoms with Crippen molar-refractivity contribution in [3.8, 4) is 28.6 Å². The zero-order chi connectivity index (χ0) is 25.4. The number of benzene rings is 2. The van der Waals surface area contributed by atoms with Crippen molar-refractivity contribution in [1.82, 2.24) is 14.9 Å². The van der Waals surface area contributed by atoms with Crippen LogP contribution in [-0.2, 0) is 24.1 Å². The van der Waals surface area contributed by atoms with Crippen molar-refractivity contribution < 1.29 is 9.90 Å². The Morgan fingerprint density at radius 2 is 1.83 bits per heavy atom. The Morgan fingerprint density at radius 1 is 1.09 bits per heavy atom. The van der Waals surface area contributed by atoms with Crippen LogP contribution in [-0.4, -0.2) is 46.1 Å². The molecule has 0 amide bonds. The third kappa shape index (κ3) is 6.97. The lowest BCUT2D eigenvalue weighted by Gasteiger charge is -2.18. The van der Waals surface area contributed by atoms with Gasteiger partial charge in [-0.2, -0.15) is 5.26 Å². The molecule has 0 fully saturated rings. The van der Waals surface area contributed by atoms with Gasteiger partial charge in [0.05, 0.1) is 18.1 Å². The zero-order valence-electron chi connectivity index (χ0n) is 21.1. The van der Waals surface area contributed by atoms with Crippen LogP contribution in [0.5, 0.6) is 0 Å². The van der Waals surface area contributed by atoms with E-state index >= 15 is 0 Å². The summed E-state index contributed by atoms with van der Waals surface area (Å²) in [6.45, 7) is 7.78. The minimum atomic E-state index is -0.771. The van der Waals surface area contributed by atoms with E-state index in [-0.39, 0.29) is 6.42 Å². The first-order valence-electron chi connectivity index (χ1n) is 12.2. The van der Waals surface area contributed by atoms with Gasteiger partial charge in [-0.05, 0) is 60.5 Å². The predicted octanol–water partition coefficient (Wildman–Crippen LogP) is 5.39. The van der Waals surface area contributed by atoms with Crippen molar-refractivity contribution in [1.29, 1.82) is 5.26 Å². The number of rotatable bonds is 11. The molecule has 1 heterocycles. The SMILES string of the molecule is CCc1c(CCN(C)CCC(=O)O)cccc1-c1cnc(-c2ccc(CC(C)C)c(C#N)c2)nc1. The predicted molar refractivity (Wildman–Crippen MR) is 139 cm³/mol. The van der Waals surface area contributed by atoms with Crippen molar-refractivity contribution in [2.75, 3.05) is 20.1 Å². The van der Waals surface area contributed by atoms with E-state index in [1.165, 1.54) is 11.1 Å². The fourth-order valence-electron chi connectivity index (χ4n) is 4.32. The van der Waals surface area contributed by atoms with Crippen molar-refractivity contribution >= 4 is 5.97 Å². The average Bonchev–Trinajstić information content (AvgIpc) is 2.86. The molecule has 0 bridgehead atoms. The molecule has 182 valence electrons. The van der Waals surface area contributed by atoms with Gasteiger partial charge in [-0.25, -0.2) is 9.97 Å². The van der Waals surface area contributed by atoms with Gasteiger partial charge in [0, 0.05) is 36.6 Å². The Kier molecular flexibility index (Phi) is 9.11. The van der Waals surface area contributed by atoms with E-state index < -0.39 is 5.97 Å². The number of aromatic nitrogens is 2. The topological polar surface area (TPSA) is 90.1 Å². The number of carbonyl (C=O) groups is 1. The first kappa shape index (κ1) is 26.1. The maximum absolute atomic E-state index is 10.8. The molecule has 0 aliphatic carbocycles. The maximum atomic E-state index is 10.8. The van der Waals surface area contributed by atoms with Gasteiger partial charge in [0.15, 0.2) is 5.82 Å². The fraction of sp³-hybridized carbons (Fsp3) is 0.379. The van der Waals surface area contributed by atoms with Crippen LogP contribution in [0.1, 0.15) is 49.4 Å². The molecule has 6 nitrogen and oxygen atoms in total. The first-order chi connectivity index (χ1) is 16.8. The maximum Gasteiger partial charge on any atom is 0.304 e. The van der Waals surface area contributed by atoms with Crippen LogP contribution in [0.2, 0.25) is 0 Å². The highest BCUT2D eigenvalue weighted by Gasteiger charge is 2.13. The first-order valence-corrected chi connectivity index (χ1v) is 12.2. The molecule has 0 aliphatic rings. The number of nitriles is 1. The summed E-state index contributed by atoms with van der Waals surface area (Å²) in [5.74, 6) is 0.319. The summed E-state index contributed by atoms with van der Waals surface area (Å²) in [7, 11) is 1.96. The van der Waals surface area contributed by atoms with Gasteiger partial charge in [0.2, 0.25) is 0 Å². The normalized spacial score (nSPS) is 11.1. The molecule has 0 unspecified atom stereocenters. The summed E-state index contributed by atoms with van der Waals surface area (Å²) < 4.78 is 0. The number of hydrogen-bond acceptors (Lipinski definition) is 5. The third-order valence-electron chi connectivity index (χ3n) is 6.18. The van der Waals surface area contributed by atoms with Gasteiger partial charge < -0.3 is 10.0 Å². The van der Waals surface area contributed by atoms with Crippen LogP contribution in [0.15, 0.2) is 48.8 Å². The Labute approximate surface area is 208 Å². The van der Waals surface area contributed by atoms with Crippen LogP contribution in [0, 0.1) is 17.2 Å². The molecule has 0 atom stereocenters. The number of nitrogens with zero attached hydrogens (tertiary/aromatic N) is 4. The van der Waals surface area contributed by atoms with Crippen LogP contribution in [0.25, 0.3) is 22.5 Å². The number of carboxylic acids is 1. The standard InChI is InChI=1S/C29H34N4O2/c1-5-26-21(11-13-33(4)14-12-28(34)35)7-6-8-27(26)25-18-31-29(32-19-25)23-10-9-22(15-20(2)3)24(16-23)17-30/h6-10,16,18-20H,5,11-15H2,1-4H3,(H,34,35). The van der Waals surface area contributed by atoms with E-state index in [1.807, 2.05) is 37.6 Å². The third-order valence-corrected chi connectivity index (χ3v) is 6.18. The second kappa shape index (κ2) is 12.2. The quantitative estimate of drug-likeness (QED) is 0.404. The van der Waals surface area contributed by atoms with Crippen LogP contribution < -0.4 is 0 Å². The highest BCUT2D eigenvalue weighted by atomic mass is 16.4. The fourth-order valence-corrected chi connectivity index (χ4v) is 4.32. The Bertz CT molecular complexity index is 1200. The molecule has 0 radical (unpaired) electrons. The van der Waals surface area contributed by atoms with Gasteiger partial charge in [-0.3, -0.25) is 4.79 Å². The molecule has 6 heteroatoms. The van der Waals surface area contributed by atoms with Crippen molar-refractivity contribution in [2.45, 2.75) is 46.5 Å². The van der Waals surface area contributed by atoms with Crippen molar-refractivity contribution in [3.05, 3.63) is 71.0 Å². The summed E-state index contributed by atoms with van der Waals surface area (Å²) >= 11 is 0. The summed E-state index contributed by atoms with van der Waals surface area (Å²) in [4.78, 5) is 22.1. The van der Waals surface area contributed by atoms with Crippen molar-refractivity contribution in [3.63, 3.8) is 0 Å². The lowest BCUT2D eigenvalue weighted by molar-refractivity contribution is -0.137. The summed E-state index contributed by atoms with van der Waals surface area (Å²) in [5, 5.41) is 18.5. The molecule has 1 aromatic heterocycles. The minimum Gasteiger partial charge on any atom is -0.481 e. The van der Waals surface area contributed by atoms with E-state index in [0.29, 0.717) is 23.9 Å². The molecule has 2 aromatic carbocycles. The smallest absolute Gasteiger partial charge is 0.304 e. The highest BCUT2D eigenvalue weighted by Crippen LogP contribution is 2.28. The lowest BCUT2D eigenvalue weighted by atomic mass is 9.93. The summed E-state index contributed by atoms with van der Waals surface area (Å²) in [6.07, 6.45) is 6.47. The van der Waals surface area contributed by atoms with E-state index in [4.69, 9.17) is 5.11 Å². The van der Waals surface area contributed by atoms with E-state index in [1.54, 1.807) is 0 Å². The highest BCUT2D eigenvalue weighted by molar-refractivity contribution is 5.69. The Balaban J connectivity index is 1.81. The van der Waals surface area contributed by atoms with Gasteiger partial charge in [-0.15, -0.1) is 0 Å². The number of hydrogen-bond donors (Lipinski definition) is 1. The largest absolute Gasteiger partial charge is 0.481 e. The second-order valence-corrected chi connectivity index (χ2v) is 9.37. The molecule has 0 saturated carbocycles. The molecule has 35 heavy (non-hydrogen) atoms. The lowest BCUT2D eigenvalue weighted by Crippen LogP contribution is -2.24. The minimum absolute atomic E-state index is 0.150. The van der Waals surface area contributed by atoms with Crippen LogP contribution in [0.4, 0.5) is 0 Å². The number of likely N-dealkylation sites (N-methyl/N-ethyl adjacent to an activating group) is 1. The average molecular weight is 471 g/mol. The molecule has 1 N–H and O–H groups in total. The molecule has 0 aliphatic heterocycles. The van der Waals surface area contributed by atoms with Gasteiger partial charge in [0.25, 0.3) is 0 Å². The van der Waals surface area contributed by atoms with E-state index in [9.17, 15) is 10.1 Å². The molecule has 3 rings (SSSR count). The second-order valence-electron chi connectivity index (χ2n) is 9.37. The van der Waals surface area contributed by atoms with Crippen molar-refractivity contribution in [2.24, 2.45) is 5.92 Å². The van der Waals surface area contributed by atoms with Gasteiger partial charge in [0.1, 0.15) is 0 Å².